The molecular weight excluding hydrogens is 432 g/mol. The number of amides is 4. The largest absolute Gasteiger partial charge is 0.458 e. The van der Waals surface area contributed by atoms with E-state index in [4.69, 9.17) is 4.74 Å². The number of anilines is 2. The minimum atomic E-state index is -0.508. The van der Waals surface area contributed by atoms with Crippen molar-refractivity contribution in [1.82, 2.24) is 15.1 Å². The van der Waals surface area contributed by atoms with Crippen LogP contribution in [0.2, 0.25) is 0 Å². The molecule has 4 amide bonds. The van der Waals surface area contributed by atoms with Crippen LogP contribution in [0.25, 0.3) is 0 Å². The fourth-order valence-corrected chi connectivity index (χ4v) is 4.07. The van der Waals surface area contributed by atoms with Crippen molar-refractivity contribution in [2.75, 3.05) is 56.0 Å². The van der Waals surface area contributed by atoms with Crippen molar-refractivity contribution < 1.29 is 14.3 Å². The van der Waals surface area contributed by atoms with Crippen LogP contribution in [0, 0.1) is 0 Å². The topological polar surface area (TPSA) is 89.5 Å². The molecule has 2 aromatic rings. The molecule has 2 heterocycles. The van der Waals surface area contributed by atoms with E-state index >= 15 is 0 Å². The third-order valence-electron chi connectivity index (χ3n) is 5.84. The molecule has 180 valence electrons. The van der Waals surface area contributed by atoms with E-state index in [1.807, 2.05) is 43.3 Å². The van der Waals surface area contributed by atoms with Gasteiger partial charge in [-0.25, -0.2) is 14.5 Å². The van der Waals surface area contributed by atoms with E-state index in [2.05, 4.69) is 49.7 Å². The van der Waals surface area contributed by atoms with Gasteiger partial charge < -0.3 is 20.3 Å². The molecule has 2 aliphatic rings. The average Bonchev–Trinajstić information content (AvgIpc) is 3.26. The predicted octanol–water partition coefficient (Wildman–Crippen LogP) is 3.22. The molecule has 2 saturated heterocycles. The van der Waals surface area contributed by atoms with E-state index in [1.54, 1.807) is 0 Å². The van der Waals surface area contributed by atoms with Crippen molar-refractivity contribution >= 4 is 29.5 Å². The molecule has 0 saturated carbocycles. The number of carbonyl (C=O) groups excluding carboxylic acids is 2. The van der Waals surface area contributed by atoms with Crippen molar-refractivity contribution in [3.05, 3.63) is 60.7 Å². The van der Waals surface area contributed by atoms with Crippen LogP contribution in [0.3, 0.4) is 0 Å². The maximum Gasteiger partial charge on any atom is 0.345 e. The zero-order valence-corrected chi connectivity index (χ0v) is 19.5. The molecular formula is C25H32N6O3. The van der Waals surface area contributed by atoms with E-state index in [1.165, 1.54) is 10.6 Å². The minimum Gasteiger partial charge on any atom is -0.458 e. The van der Waals surface area contributed by atoms with Crippen LogP contribution in [-0.2, 0) is 4.74 Å². The van der Waals surface area contributed by atoms with Crippen LogP contribution in [0.4, 0.5) is 21.0 Å². The summed E-state index contributed by atoms with van der Waals surface area (Å²) in [7, 11) is 0. The maximum absolute atomic E-state index is 13.0. The van der Waals surface area contributed by atoms with Gasteiger partial charge in [0.05, 0.1) is 6.54 Å². The number of hydrogen-bond acceptors (Lipinski definition) is 5. The summed E-state index contributed by atoms with van der Waals surface area (Å²) in [6.45, 7) is 7.12. The predicted molar refractivity (Wildman–Crippen MR) is 133 cm³/mol. The average molecular weight is 465 g/mol. The number of amidine groups is 1. The summed E-state index contributed by atoms with van der Waals surface area (Å²) in [4.78, 5) is 35.3. The summed E-state index contributed by atoms with van der Waals surface area (Å²) < 4.78 is 6.00. The summed E-state index contributed by atoms with van der Waals surface area (Å²) in [5, 5.41) is 5.56. The van der Waals surface area contributed by atoms with Gasteiger partial charge in [0, 0.05) is 50.6 Å². The van der Waals surface area contributed by atoms with Crippen LogP contribution in [0.15, 0.2) is 65.7 Å². The third kappa shape index (κ3) is 6.26. The number of urea groups is 2. The Morgan fingerprint density at radius 2 is 1.68 bits per heavy atom. The number of carbonyl (C=O) groups is 2. The smallest absolute Gasteiger partial charge is 0.345 e. The van der Waals surface area contributed by atoms with Crippen molar-refractivity contribution in [3.63, 3.8) is 0 Å². The number of benzene rings is 2. The van der Waals surface area contributed by atoms with Gasteiger partial charge in [-0.3, -0.25) is 4.90 Å². The molecule has 4 rings (SSSR count). The van der Waals surface area contributed by atoms with Gasteiger partial charge in [-0.1, -0.05) is 43.3 Å². The van der Waals surface area contributed by atoms with Gasteiger partial charge in [-0.05, 0) is 30.7 Å². The SMILES string of the molecule is CCCNC(=O)/N=C1\OC(CN2CCN(c3ccccc3)CC2)CN1C(=O)Nc1ccccc1. The molecule has 0 aromatic heterocycles. The van der Waals surface area contributed by atoms with Gasteiger partial charge in [0.25, 0.3) is 0 Å². The van der Waals surface area contributed by atoms with Gasteiger partial charge in [0.2, 0.25) is 0 Å². The number of ether oxygens (including phenoxy) is 1. The molecule has 0 bridgehead atoms. The van der Waals surface area contributed by atoms with Crippen molar-refractivity contribution in [2.45, 2.75) is 19.4 Å². The van der Waals surface area contributed by atoms with E-state index in [0.29, 0.717) is 25.3 Å². The van der Waals surface area contributed by atoms with Crippen LogP contribution in [0.5, 0.6) is 0 Å². The Morgan fingerprint density at radius 1 is 1.00 bits per heavy atom. The molecule has 0 radical (unpaired) electrons. The standard InChI is InChI=1S/C25H32N6O3/c1-2-13-26-23(32)28-25-31(24(33)27-20-9-5-3-6-10-20)19-22(34-25)18-29-14-16-30(17-15-29)21-11-7-4-8-12-21/h3-12,22H,2,13-19H2,1H3,(H,26,32)(H,27,33)/b28-25-. The first kappa shape index (κ1) is 23.6. The highest BCUT2D eigenvalue weighted by molar-refractivity contribution is 6.04. The highest BCUT2D eigenvalue weighted by atomic mass is 16.5. The van der Waals surface area contributed by atoms with E-state index in [-0.39, 0.29) is 18.2 Å². The fourth-order valence-electron chi connectivity index (χ4n) is 4.07. The van der Waals surface area contributed by atoms with Crippen LogP contribution >= 0.6 is 0 Å². The quantitative estimate of drug-likeness (QED) is 0.685. The molecule has 0 spiro atoms. The summed E-state index contributed by atoms with van der Waals surface area (Å²) >= 11 is 0. The highest BCUT2D eigenvalue weighted by Crippen LogP contribution is 2.19. The Kier molecular flexibility index (Phi) is 7.98. The Hall–Kier alpha value is -3.59. The lowest BCUT2D eigenvalue weighted by molar-refractivity contribution is 0.143. The first-order valence-electron chi connectivity index (χ1n) is 11.8. The number of nitrogens with zero attached hydrogens (tertiary/aromatic N) is 4. The van der Waals surface area contributed by atoms with E-state index < -0.39 is 6.03 Å². The van der Waals surface area contributed by atoms with Crippen LogP contribution < -0.4 is 15.5 Å². The number of piperazine rings is 1. The molecule has 34 heavy (non-hydrogen) atoms. The molecule has 2 aromatic carbocycles. The second-order valence-corrected chi connectivity index (χ2v) is 8.40. The third-order valence-corrected chi connectivity index (χ3v) is 5.84. The summed E-state index contributed by atoms with van der Waals surface area (Å²) in [6.07, 6.45) is 0.537. The monoisotopic (exact) mass is 464 g/mol. The normalized spacial score (nSPS) is 19.7. The van der Waals surface area contributed by atoms with Crippen molar-refractivity contribution in [3.8, 4) is 0 Å². The van der Waals surface area contributed by atoms with Gasteiger partial charge in [0.1, 0.15) is 6.10 Å². The number of hydrogen-bond donors (Lipinski definition) is 2. The van der Waals surface area contributed by atoms with E-state index in [0.717, 1.165) is 32.6 Å². The maximum atomic E-state index is 13.0. The molecule has 1 unspecified atom stereocenters. The second-order valence-electron chi connectivity index (χ2n) is 8.40. The van der Waals surface area contributed by atoms with Crippen LogP contribution in [-0.4, -0.2) is 79.8 Å². The molecule has 2 N–H and O–H groups in total. The summed E-state index contributed by atoms with van der Waals surface area (Å²) in [6, 6.07) is 18.8. The zero-order valence-electron chi connectivity index (χ0n) is 19.5. The number of para-hydroxylation sites is 2. The van der Waals surface area contributed by atoms with Gasteiger partial charge >= 0.3 is 18.1 Å². The lowest BCUT2D eigenvalue weighted by atomic mass is 10.2. The highest BCUT2D eigenvalue weighted by Gasteiger charge is 2.36. The van der Waals surface area contributed by atoms with Crippen LogP contribution in [0.1, 0.15) is 13.3 Å². The molecule has 2 fully saturated rings. The number of rotatable bonds is 6. The number of nitrogens with one attached hydrogen (secondary N) is 2. The van der Waals surface area contributed by atoms with Gasteiger partial charge in [-0.2, -0.15) is 0 Å². The lowest BCUT2D eigenvalue weighted by Crippen LogP contribution is -2.49. The Bertz CT molecular complexity index is 977. The molecule has 0 aliphatic carbocycles. The van der Waals surface area contributed by atoms with Gasteiger partial charge in [-0.15, -0.1) is 4.99 Å². The molecule has 9 nitrogen and oxygen atoms in total. The van der Waals surface area contributed by atoms with Gasteiger partial charge in [0.15, 0.2) is 0 Å². The Labute approximate surface area is 200 Å². The van der Waals surface area contributed by atoms with E-state index in [9.17, 15) is 9.59 Å². The first-order chi connectivity index (χ1) is 16.6. The summed E-state index contributed by atoms with van der Waals surface area (Å²) in [5.41, 5.74) is 1.90. The molecule has 1 atom stereocenters. The van der Waals surface area contributed by atoms with Crippen molar-refractivity contribution in [2.24, 2.45) is 4.99 Å². The fraction of sp³-hybridized carbons (Fsp3) is 0.400. The Morgan fingerprint density at radius 3 is 2.35 bits per heavy atom. The lowest BCUT2D eigenvalue weighted by Gasteiger charge is -2.36. The first-order valence-corrected chi connectivity index (χ1v) is 11.8. The summed E-state index contributed by atoms with van der Waals surface area (Å²) in [5.74, 6) is 0. The zero-order chi connectivity index (χ0) is 23.8. The second kappa shape index (κ2) is 11.5. The molecule has 2 aliphatic heterocycles. The van der Waals surface area contributed by atoms with Crippen molar-refractivity contribution in [1.29, 1.82) is 0 Å². The number of aliphatic imine (C=N–C) groups is 1. The minimum absolute atomic E-state index is 0.0370. The molecule has 9 heteroatoms. The Balaban J connectivity index is 1.37.